The molecule has 0 bridgehead atoms. The highest BCUT2D eigenvalue weighted by molar-refractivity contribution is 7.92. The average molecular weight is 458 g/mol. The molecule has 4 aromatic rings. The van der Waals surface area contributed by atoms with Crippen molar-refractivity contribution in [1.82, 2.24) is 25.1 Å². The van der Waals surface area contributed by atoms with Crippen LogP contribution in [0.15, 0.2) is 43.1 Å². The van der Waals surface area contributed by atoms with Gasteiger partial charge in [0.1, 0.15) is 23.5 Å². The first-order valence-electron chi connectivity index (χ1n) is 9.43. The number of sulfonamides is 1. The van der Waals surface area contributed by atoms with Crippen LogP contribution in [0, 0.1) is 11.6 Å². The number of rotatable bonds is 7. The van der Waals surface area contributed by atoms with E-state index in [0.29, 0.717) is 16.5 Å². The molecular formula is C20H16F2N6O3S. The number of aromatic nitrogens is 5. The SMILES string of the molecule is CCCS(=O)(=O)Nc1c(F)ccc(C(=O)c2[nH]nc3ncc(-c4cncnc4)cc23)c1F. The van der Waals surface area contributed by atoms with Gasteiger partial charge < -0.3 is 0 Å². The Labute approximate surface area is 181 Å². The van der Waals surface area contributed by atoms with E-state index in [0.717, 1.165) is 12.1 Å². The summed E-state index contributed by atoms with van der Waals surface area (Å²) in [7, 11) is -3.98. The number of carbonyl (C=O) groups excluding carboxylic acids is 1. The highest BCUT2D eigenvalue weighted by atomic mass is 32.2. The molecule has 2 N–H and O–H groups in total. The smallest absolute Gasteiger partial charge is 0.232 e. The number of hydrogen-bond donors (Lipinski definition) is 2. The number of pyridine rings is 1. The van der Waals surface area contributed by atoms with E-state index in [-0.39, 0.29) is 23.5 Å². The Morgan fingerprint density at radius 2 is 1.88 bits per heavy atom. The molecule has 12 heteroatoms. The number of carbonyl (C=O) groups is 1. The number of ketones is 1. The van der Waals surface area contributed by atoms with Gasteiger partial charge in [0.05, 0.1) is 16.7 Å². The number of nitrogens with one attached hydrogen (secondary N) is 2. The van der Waals surface area contributed by atoms with E-state index in [4.69, 9.17) is 0 Å². The van der Waals surface area contributed by atoms with E-state index in [9.17, 15) is 17.6 Å². The summed E-state index contributed by atoms with van der Waals surface area (Å²) < 4.78 is 55.1. The molecule has 1 aromatic carbocycles. The number of H-pyrrole nitrogens is 1. The molecule has 0 aliphatic carbocycles. The van der Waals surface area contributed by atoms with Crippen molar-refractivity contribution in [2.45, 2.75) is 13.3 Å². The van der Waals surface area contributed by atoms with Gasteiger partial charge in [-0.15, -0.1) is 0 Å². The molecule has 9 nitrogen and oxygen atoms in total. The molecule has 4 rings (SSSR count). The number of nitrogens with zero attached hydrogens (tertiary/aromatic N) is 4. The van der Waals surface area contributed by atoms with Gasteiger partial charge in [0.2, 0.25) is 15.8 Å². The zero-order chi connectivity index (χ0) is 22.9. The minimum absolute atomic E-state index is 0.0842. The van der Waals surface area contributed by atoms with Gasteiger partial charge in [-0.05, 0) is 24.6 Å². The Kier molecular flexibility index (Phi) is 5.61. The fraction of sp³-hybridized carbons (Fsp3) is 0.150. The third-order valence-electron chi connectivity index (χ3n) is 4.60. The second-order valence-electron chi connectivity index (χ2n) is 6.85. The first-order valence-corrected chi connectivity index (χ1v) is 11.1. The summed E-state index contributed by atoms with van der Waals surface area (Å²) in [6, 6.07) is 3.38. The van der Waals surface area contributed by atoms with Gasteiger partial charge in [-0.1, -0.05) is 6.92 Å². The third kappa shape index (κ3) is 4.04. The van der Waals surface area contributed by atoms with Crippen LogP contribution in [0.1, 0.15) is 29.4 Å². The van der Waals surface area contributed by atoms with Crippen LogP contribution < -0.4 is 4.72 Å². The third-order valence-corrected chi connectivity index (χ3v) is 6.06. The average Bonchev–Trinajstić information content (AvgIpc) is 3.20. The first-order chi connectivity index (χ1) is 15.3. The summed E-state index contributed by atoms with van der Waals surface area (Å²) in [5.41, 5.74) is -0.0735. The maximum absolute atomic E-state index is 15.0. The van der Waals surface area contributed by atoms with Gasteiger partial charge in [0, 0.05) is 29.7 Å². The number of aromatic amines is 1. The van der Waals surface area contributed by atoms with Crippen molar-refractivity contribution in [3.63, 3.8) is 0 Å². The number of fused-ring (bicyclic) bond motifs is 1. The molecule has 0 radical (unpaired) electrons. The normalized spacial score (nSPS) is 11.6. The predicted molar refractivity (Wildman–Crippen MR) is 112 cm³/mol. The number of benzene rings is 1. The largest absolute Gasteiger partial charge is 0.287 e. The van der Waals surface area contributed by atoms with Crippen molar-refractivity contribution < 1.29 is 22.0 Å². The summed E-state index contributed by atoms with van der Waals surface area (Å²) in [6.45, 7) is 1.61. The van der Waals surface area contributed by atoms with E-state index >= 15 is 4.39 Å². The fourth-order valence-electron chi connectivity index (χ4n) is 3.11. The molecule has 0 spiro atoms. The van der Waals surface area contributed by atoms with Crippen LogP contribution in [0.25, 0.3) is 22.2 Å². The van der Waals surface area contributed by atoms with Crippen molar-refractivity contribution in [2.75, 3.05) is 10.5 Å². The van der Waals surface area contributed by atoms with Crippen molar-refractivity contribution in [2.24, 2.45) is 0 Å². The van der Waals surface area contributed by atoms with Crippen LogP contribution in [0.5, 0.6) is 0 Å². The standard InChI is InChI=1S/C20H16F2N6O3S/c1-2-5-32(30,31)28-18-15(21)4-3-13(16(18)22)19(29)17-14-6-11(9-25-20(14)27-26-17)12-7-23-10-24-8-12/h3-4,6-10,28H,2,5H2,1H3,(H,25,26,27). The summed E-state index contributed by atoms with van der Waals surface area (Å²) in [5.74, 6) is -3.63. The van der Waals surface area contributed by atoms with E-state index in [1.165, 1.54) is 12.5 Å². The lowest BCUT2D eigenvalue weighted by Crippen LogP contribution is -2.19. The predicted octanol–water partition coefficient (Wildman–Crippen LogP) is 3.08. The Morgan fingerprint density at radius 3 is 2.59 bits per heavy atom. The number of hydrogen-bond acceptors (Lipinski definition) is 7. The molecule has 0 unspecified atom stereocenters. The Hall–Kier alpha value is -3.80. The van der Waals surface area contributed by atoms with Gasteiger partial charge in [0.25, 0.3) is 0 Å². The van der Waals surface area contributed by atoms with E-state index in [2.05, 4.69) is 25.1 Å². The maximum Gasteiger partial charge on any atom is 0.232 e. The molecule has 0 fully saturated rings. The van der Waals surface area contributed by atoms with Gasteiger partial charge in [-0.3, -0.25) is 14.6 Å². The minimum Gasteiger partial charge on any atom is -0.287 e. The van der Waals surface area contributed by atoms with Crippen LogP contribution in [0.2, 0.25) is 0 Å². The molecule has 0 aliphatic rings. The minimum atomic E-state index is -3.98. The maximum atomic E-state index is 15.0. The summed E-state index contributed by atoms with van der Waals surface area (Å²) in [4.78, 5) is 25.1. The molecule has 0 saturated heterocycles. The Balaban J connectivity index is 1.77. The van der Waals surface area contributed by atoms with Gasteiger partial charge in [-0.2, -0.15) is 5.10 Å². The lowest BCUT2D eigenvalue weighted by atomic mass is 10.0. The molecule has 0 aliphatic heterocycles. The summed E-state index contributed by atoms with van der Waals surface area (Å²) >= 11 is 0. The van der Waals surface area contributed by atoms with Crippen molar-refractivity contribution >= 4 is 32.5 Å². The van der Waals surface area contributed by atoms with Crippen molar-refractivity contribution in [3.05, 3.63) is 66.0 Å². The summed E-state index contributed by atoms with van der Waals surface area (Å²) in [5, 5.41) is 6.78. The highest BCUT2D eigenvalue weighted by Gasteiger charge is 2.25. The molecule has 164 valence electrons. The fourth-order valence-corrected chi connectivity index (χ4v) is 4.25. The van der Waals surface area contributed by atoms with E-state index in [1.807, 2.05) is 4.72 Å². The van der Waals surface area contributed by atoms with Gasteiger partial charge in [0.15, 0.2) is 11.5 Å². The highest BCUT2D eigenvalue weighted by Crippen LogP contribution is 2.28. The van der Waals surface area contributed by atoms with Gasteiger partial charge in [-0.25, -0.2) is 32.2 Å². The zero-order valence-corrected chi connectivity index (χ0v) is 17.4. The van der Waals surface area contributed by atoms with E-state index in [1.54, 1.807) is 25.4 Å². The molecule has 32 heavy (non-hydrogen) atoms. The second-order valence-corrected chi connectivity index (χ2v) is 8.70. The molecule has 0 saturated carbocycles. The molecule has 0 atom stereocenters. The molecule has 3 aromatic heterocycles. The second kappa shape index (κ2) is 8.38. The van der Waals surface area contributed by atoms with Crippen LogP contribution >= 0.6 is 0 Å². The Bertz CT molecular complexity index is 1420. The van der Waals surface area contributed by atoms with Crippen LogP contribution in [0.4, 0.5) is 14.5 Å². The number of anilines is 1. The first kappa shape index (κ1) is 21.4. The summed E-state index contributed by atoms with van der Waals surface area (Å²) in [6.07, 6.45) is 6.26. The zero-order valence-electron chi connectivity index (χ0n) is 16.6. The lowest BCUT2D eigenvalue weighted by molar-refractivity contribution is 0.103. The van der Waals surface area contributed by atoms with E-state index < -0.39 is 38.7 Å². The lowest BCUT2D eigenvalue weighted by Gasteiger charge is -2.11. The molecule has 0 amide bonds. The van der Waals surface area contributed by atoms with Crippen LogP contribution in [0.3, 0.4) is 0 Å². The monoisotopic (exact) mass is 458 g/mol. The topological polar surface area (TPSA) is 131 Å². The van der Waals surface area contributed by atoms with Gasteiger partial charge >= 0.3 is 0 Å². The number of halogens is 2. The molecular weight excluding hydrogens is 442 g/mol. The van der Waals surface area contributed by atoms with Crippen LogP contribution in [-0.4, -0.2) is 45.1 Å². The quantitative estimate of drug-likeness (QED) is 0.407. The van der Waals surface area contributed by atoms with Crippen molar-refractivity contribution in [1.29, 1.82) is 0 Å². The van der Waals surface area contributed by atoms with Crippen molar-refractivity contribution in [3.8, 4) is 11.1 Å². The Morgan fingerprint density at radius 1 is 1.12 bits per heavy atom. The molecule has 3 heterocycles. The van der Waals surface area contributed by atoms with Crippen LogP contribution in [-0.2, 0) is 10.0 Å².